The summed E-state index contributed by atoms with van der Waals surface area (Å²) in [5.74, 6) is -4.44. The molecular weight excluding hydrogens is 506 g/mol. The maximum atomic E-state index is 13.1. The topological polar surface area (TPSA) is 252 Å². The molecule has 0 spiro atoms. The van der Waals surface area contributed by atoms with Crippen LogP contribution < -0.4 is 33.2 Å². The molecule has 0 saturated carbocycles. The van der Waals surface area contributed by atoms with Crippen LogP contribution in [0.1, 0.15) is 52.4 Å². The summed E-state index contributed by atoms with van der Waals surface area (Å²) in [6.07, 6.45) is 2.30. The molecule has 5 atom stereocenters. The van der Waals surface area contributed by atoms with Crippen molar-refractivity contribution in [3.8, 4) is 0 Å². The van der Waals surface area contributed by atoms with Crippen molar-refractivity contribution < 1.29 is 34.2 Å². The summed E-state index contributed by atoms with van der Waals surface area (Å²) in [6, 6.07) is -4.52. The predicted octanol–water partition coefficient (Wildman–Crippen LogP) is -1.43. The van der Waals surface area contributed by atoms with Crippen molar-refractivity contribution in [2.75, 3.05) is 18.6 Å². The van der Waals surface area contributed by atoms with E-state index in [1.165, 1.54) is 11.8 Å². The Kier molecular flexibility index (Phi) is 16.7. The lowest BCUT2D eigenvalue weighted by Gasteiger charge is -2.28. The van der Waals surface area contributed by atoms with Gasteiger partial charge < -0.3 is 43.4 Å². The summed E-state index contributed by atoms with van der Waals surface area (Å²) in [6.45, 7) is 3.71. The molecule has 212 valence electrons. The van der Waals surface area contributed by atoms with Gasteiger partial charge in [-0.3, -0.25) is 24.2 Å². The first-order valence-corrected chi connectivity index (χ1v) is 13.4. The van der Waals surface area contributed by atoms with Crippen molar-refractivity contribution in [2.45, 2.75) is 76.5 Å². The molecule has 14 nitrogen and oxygen atoms in total. The second-order valence-corrected chi connectivity index (χ2v) is 9.59. The highest BCUT2D eigenvalue weighted by Gasteiger charge is 2.32. The fraction of sp³-hybridized carbons (Fsp3) is 0.727. The molecule has 11 N–H and O–H groups in total. The molecule has 3 amide bonds. The van der Waals surface area contributed by atoms with E-state index in [9.17, 15) is 29.1 Å². The lowest BCUT2D eigenvalue weighted by molar-refractivity contribution is -0.143. The molecular formula is C22H41N7O7S. The number of hydrogen-bond acceptors (Lipinski definition) is 8. The molecule has 0 aliphatic rings. The number of guanidine groups is 1. The minimum atomic E-state index is -1.35. The van der Waals surface area contributed by atoms with Gasteiger partial charge in [0.1, 0.15) is 18.1 Å². The number of carboxylic acid groups (broad SMARTS) is 2. The Hall–Kier alpha value is -3.07. The molecule has 0 aliphatic heterocycles. The van der Waals surface area contributed by atoms with Crippen LogP contribution in [-0.2, 0) is 24.0 Å². The predicted molar refractivity (Wildman–Crippen MR) is 141 cm³/mol. The minimum absolute atomic E-state index is 0.00304. The van der Waals surface area contributed by atoms with E-state index in [2.05, 4.69) is 20.9 Å². The van der Waals surface area contributed by atoms with Crippen LogP contribution in [0.2, 0.25) is 0 Å². The van der Waals surface area contributed by atoms with Gasteiger partial charge >= 0.3 is 11.9 Å². The molecule has 15 heteroatoms. The second kappa shape index (κ2) is 18.2. The summed E-state index contributed by atoms with van der Waals surface area (Å²) < 4.78 is 0. The smallest absolute Gasteiger partial charge is 0.326 e. The van der Waals surface area contributed by atoms with Gasteiger partial charge in [0.15, 0.2) is 5.96 Å². The summed E-state index contributed by atoms with van der Waals surface area (Å²) in [7, 11) is 0. The van der Waals surface area contributed by atoms with Gasteiger partial charge in [0, 0.05) is 13.0 Å². The number of carboxylic acids is 2. The largest absolute Gasteiger partial charge is 0.481 e. The van der Waals surface area contributed by atoms with Gasteiger partial charge in [0.25, 0.3) is 0 Å². The van der Waals surface area contributed by atoms with Gasteiger partial charge in [-0.05, 0) is 43.6 Å². The molecule has 0 aromatic rings. The molecule has 0 heterocycles. The lowest BCUT2D eigenvalue weighted by atomic mass is 9.97. The van der Waals surface area contributed by atoms with Gasteiger partial charge in [-0.2, -0.15) is 11.8 Å². The molecule has 0 bridgehead atoms. The fourth-order valence-corrected chi connectivity index (χ4v) is 3.66. The summed E-state index contributed by atoms with van der Waals surface area (Å²) >= 11 is 1.53. The summed E-state index contributed by atoms with van der Waals surface area (Å²) in [4.78, 5) is 65.1. The Balaban J connectivity index is 5.56. The molecule has 0 radical (unpaired) electrons. The maximum absolute atomic E-state index is 13.1. The molecule has 0 aromatic carbocycles. The highest BCUT2D eigenvalue weighted by molar-refractivity contribution is 7.98. The van der Waals surface area contributed by atoms with Crippen LogP contribution in [-0.4, -0.2) is 88.6 Å². The number of carbonyl (C=O) groups is 5. The van der Waals surface area contributed by atoms with Gasteiger partial charge in [-0.1, -0.05) is 20.3 Å². The molecule has 37 heavy (non-hydrogen) atoms. The normalized spacial score (nSPS) is 14.8. The number of thioether (sulfide) groups is 1. The first kappa shape index (κ1) is 33.9. The number of aliphatic carboxylic acids is 2. The van der Waals surface area contributed by atoms with Gasteiger partial charge in [-0.15, -0.1) is 0 Å². The Morgan fingerprint density at radius 2 is 1.54 bits per heavy atom. The average molecular weight is 548 g/mol. The number of carbonyl (C=O) groups excluding carboxylic acids is 3. The quantitative estimate of drug-likeness (QED) is 0.0528. The first-order valence-electron chi connectivity index (χ1n) is 12.0. The summed E-state index contributed by atoms with van der Waals surface area (Å²) in [5.41, 5.74) is 16.4. The van der Waals surface area contributed by atoms with E-state index >= 15 is 0 Å². The van der Waals surface area contributed by atoms with Crippen molar-refractivity contribution >= 4 is 47.4 Å². The van der Waals surface area contributed by atoms with Crippen molar-refractivity contribution in [3.05, 3.63) is 0 Å². The van der Waals surface area contributed by atoms with E-state index in [4.69, 9.17) is 22.3 Å². The molecule has 0 rings (SSSR count). The van der Waals surface area contributed by atoms with Crippen LogP contribution in [0.15, 0.2) is 4.99 Å². The van der Waals surface area contributed by atoms with Crippen molar-refractivity contribution in [1.29, 1.82) is 0 Å². The van der Waals surface area contributed by atoms with E-state index in [1.807, 2.05) is 13.2 Å². The monoisotopic (exact) mass is 547 g/mol. The molecule has 0 fully saturated rings. The lowest BCUT2D eigenvalue weighted by Crippen LogP contribution is -2.58. The van der Waals surface area contributed by atoms with Gasteiger partial charge in [0.2, 0.25) is 17.7 Å². The van der Waals surface area contributed by atoms with Crippen molar-refractivity contribution in [1.82, 2.24) is 16.0 Å². The molecule has 5 unspecified atom stereocenters. The Morgan fingerprint density at radius 3 is 2.05 bits per heavy atom. The van der Waals surface area contributed by atoms with Crippen LogP contribution in [0, 0.1) is 5.92 Å². The zero-order chi connectivity index (χ0) is 28.5. The fourth-order valence-electron chi connectivity index (χ4n) is 3.17. The van der Waals surface area contributed by atoms with Crippen molar-refractivity contribution in [3.63, 3.8) is 0 Å². The third-order valence-electron chi connectivity index (χ3n) is 5.60. The van der Waals surface area contributed by atoms with E-state index < -0.39 is 60.2 Å². The van der Waals surface area contributed by atoms with Crippen LogP contribution in [0.4, 0.5) is 0 Å². The van der Waals surface area contributed by atoms with Crippen LogP contribution in [0.5, 0.6) is 0 Å². The third kappa shape index (κ3) is 14.3. The van der Waals surface area contributed by atoms with Gasteiger partial charge in [0.05, 0.1) is 6.04 Å². The van der Waals surface area contributed by atoms with Crippen LogP contribution in [0.3, 0.4) is 0 Å². The maximum Gasteiger partial charge on any atom is 0.326 e. The van der Waals surface area contributed by atoms with E-state index in [0.717, 1.165) is 0 Å². The van der Waals surface area contributed by atoms with Gasteiger partial charge in [-0.25, -0.2) is 4.79 Å². The van der Waals surface area contributed by atoms with Crippen LogP contribution >= 0.6 is 11.8 Å². The average Bonchev–Trinajstić information content (AvgIpc) is 2.83. The Morgan fingerprint density at radius 1 is 0.919 bits per heavy atom. The highest BCUT2D eigenvalue weighted by atomic mass is 32.2. The SMILES string of the molecule is CCC(C)C(NC(=O)C(N)CCSC)C(=O)NC(CCC(=O)O)C(=O)NC(CCCN=C(N)N)C(=O)O. The number of hydrogen-bond donors (Lipinski definition) is 8. The number of nitrogens with two attached hydrogens (primary N) is 3. The second-order valence-electron chi connectivity index (χ2n) is 8.60. The Bertz CT molecular complexity index is 808. The van der Waals surface area contributed by atoms with E-state index in [1.54, 1.807) is 6.92 Å². The zero-order valence-corrected chi connectivity index (χ0v) is 22.4. The standard InChI is InChI=1S/C22H41N7O7S/c1-4-12(2)17(29-18(32)13(23)9-11-37-3)20(34)27-14(7-8-16(30)31)19(33)28-15(21(35)36)6-5-10-26-22(24)25/h12-15,17H,4-11,23H2,1-3H3,(H,27,34)(H,28,33)(H,29,32)(H,30,31)(H,35,36)(H4,24,25,26). The van der Waals surface area contributed by atoms with Crippen molar-refractivity contribution in [2.24, 2.45) is 28.1 Å². The third-order valence-corrected chi connectivity index (χ3v) is 6.25. The van der Waals surface area contributed by atoms with Crippen LogP contribution in [0.25, 0.3) is 0 Å². The first-order chi connectivity index (χ1) is 17.3. The van der Waals surface area contributed by atoms with E-state index in [-0.39, 0.29) is 37.7 Å². The number of amides is 3. The number of nitrogens with zero attached hydrogens (tertiary/aromatic N) is 1. The van der Waals surface area contributed by atoms with E-state index in [0.29, 0.717) is 18.6 Å². The molecule has 0 aromatic heterocycles. The highest BCUT2D eigenvalue weighted by Crippen LogP contribution is 2.11. The zero-order valence-electron chi connectivity index (χ0n) is 21.6. The summed E-state index contributed by atoms with van der Waals surface area (Å²) in [5, 5.41) is 26.0. The number of aliphatic imine (C=N–C) groups is 1. The Labute approximate surface area is 220 Å². The number of rotatable bonds is 19. The minimum Gasteiger partial charge on any atom is -0.481 e. The number of nitrogens with one attached hydrogen (secondary N) is 3. The molecule has 0 saturated heterocycles. The molecule has 0 aliphatic carbocycles.